The van der Waals surface area contributed by atoms with Crippen LogP contribution in [0.1, 0.15) is 23.5 Å². The number of aromatic nitrogens is 1. The fraction of sp³-hybridized carbons (Fsp3) is 0.217. The number of nitrogens with one attached hydrogen (secondary N) is 1. The van der Waals surface area contributed by atoms with Gasteiger partial charge in [-0.15, -0.1) is 11.3 Å². The minimum absolute atomic E-state index is 0.0176. The van der Waals surface area contributed by atoms with Crippen molar-refractivity contribution in [1.82, 2.24) is 15.2 Å². The molecule has 0 aliphatic carbocycles. The van der Waals surface area contributed by atoms with Crippen LogP contribution in [0.25, 0.3) is 21.0 Å². The van der Waals surface area contributed by atoms with Crippen molar-refractivity contribution in [3.8, 4) is 0 Å². The predicted molar refractivity (Wildman–Crippen MR) is 116 cm³/mol. The number of para-hydroxylation sites is 1. The monoisotopic (exact) mass is 389 g/mol. The zero-order valence-corrected chi connectivity index (χ0v) is 16.9. The number of rotatable bonds is 6. The third kappa shape index (κ3) is 4.06. The van der Waals surface area contributed by atoms with Gasteiger partial charge in [-0.05, 0) is 42.4 Å². The van der Waals surface area contributed by atoms with E-state index in [1.165, 1.54) is 15.5 Å². The molecule has 0 radical (unpaired) electrons. The Balaban J connectivity index is 1.39. The van der Waals surface area contributed by atoms with Crippen LogP contribution in [0.3, 0.4) is 0 Å². The number of benzene rings is 3. The molecular formula is C23H23N3OS. The molecule has 0 saturated carbocycles. The summed E-state index contributed by atoms with van der Waals surface area (Å²) in [6, 6.07) is 22.6. The molecule has 4 rings (SSSR count). The van der Waals surface area contributed by atoms with E-state index in [1.807, 2.05) is 55.3 Å². The first-order chi connectivity index (χ1) is 13.6. The van der Waals surface area contributed by atoms with Crippen LogP contribution in [-0.4, -0.2) is 29.4 Å². The van der Waals surface area contributed by atoms with E-state index in [0.717, 1.165) is 16.1 Å². The van der Waals surface area contributed by atoms with Crippen molar-refractivity contribution in [2.45, 2.75) is 19.5 Å². The largest absolute Gasteiger partial charge is 0.348 e. The molecule has 5 heteroatoms. The number of fused-ring (bicyclic) bond motifs is 2. The van der Waals surface area contributed by atoms with Gasteiger partial charge in [0.1, 0.15) is 5.01 Å². The van der Waals surface area contributed by atoms with Crippen molar-refractivity contribution < 1.29 is 4.79 Å². The van der Waals surface area contributed by atoms with E-state index in [-0.39, 0.29) is 11.9 Å². The first-order valence-electron chi connectivity index (χ1n) is 9.40. The molecule has 0 fully saturated rings. The Morgan fingerprint density at radius 2 is 1.82 bits per heavy atom. The highest BCUT2D eigenvalue weighted by Crippen LogP contribution is 2.24. The summed E-state index contributed by atoms with van der Waals surface area (Å²) in [4.78, 5) is 19.2. The van der Waals surface area contributed by atoms with Gasteiger partial charge in [-0.1, -0.05) is 54.6 Å². The lowest BCUT2D eigenvalue weighted by Gasteiger charge is -2.19. The SMILES string of the molecule is C[C@H](NC(=O)CN(C)Cc1nc2ccccc2s1)c1cccc2ccccc12. The molecule has 1 amide bonds. The number of likely N-dealkylation sites (N-methyl/N-ethyl adjacent to an activating group) is 1. The van der Waals surface area contributed by atoms with Crippen LogP contribution in [0.15, 0.2) is 66.7 Å². The van der Waals surface area contributed by atoms with Gasteiger partial charge in [-0.2, -0.15) is 0 Å². The van der Waals surface area contributed by atoms with E-state index in [4.69, 9.17) is 0 Å². The summed E-state index contributed by atoms with van der Waals surface area (Å²) < 4.78 is 1.18. The summed E-state index contributed by atoms with van der Waals surface area (Å²) in [5.41, 5.74) is 2.16. The minimum atomic E-state index is -0.0468. The standard InChI is InChI=1S/C23H23N3OS/c1-16(18-11-7-9-17-8-3-4-10-19(17)18)24-22(27)14-26(2)15-23-25-20-12-5-6-13-21(20)28-23/h3-13,16H,14-15H2,1-2H3,(H,24,27)/t16-/m0/s1. The molecule has 0 aliphatic rings. The number of hydrogen-bond donors (Lipinski definition) is 1. The highest BCUT2D eigenvalue weighted by molar-refractivity contribution is 7.18. The number of nitrogens with zero attached hydrogens (tertiary/aromatic N) is 2. The molecule has 1 N–H and O–H groups in total. The van der Waals surface area contributed by atoms with Gasteiger partial charge in [-0.3, -0.25) is 9.69 Å². The lowest BCUT2D eigenvalue weighted by molar-refractivity contribution is -0.122. The van der Waals surface area contributed by atoms with Crippen molar-refractivity contribution >= 4 is 38.2 Å². The molecule has 0 bridgehead atoms. The van der Waals surface area contributed by atoms with Crippen molar-refractivity contribution in [2.24, 2.45) is 0 Å². The highest BCUT2D eigenvalue weighted by Gasteiger charge is 2.15. The van der Waals surface area contributed by atoms with Crippen LogP contribution in [0.4, 0.5) is 0 Å². The second kappa shape index (κ2) is 8.09. The van der Waals surface area contributed by atoms with Gasteiger partial charge in [0.05, 0.1) is 29.3 Å². The van der Waals surface area contributed by atoms with Gasteiger partial charge in [-0.25, -0.2) is 4.98 Å². The smallest absolute Gasteiger partial charge is 0.234 e. The third-order valence-corrected chi connectivity index (χ3v) is 5.85. The fourth-order valence-corrected chi connectivity index (χ4v) is 4.56. The van der Waals surface area contributed by atoms with Crippen molar-refractivity contribution in [3.05, 3.63) is 77.3 Å². The molecule has 1 heterocycles. The lowest BCUT2D eigenvalue weighted by atomic mass is 10.00. The molecule has 1 aromatic heterocycles. The number of carbonyl (C=O) groups is 1. The predicted octanol–water partition coefficient (Wildman–Crippen LogP) is 4.76. The van der Waals surface area contributed by atoms with E-state index in [0.29, 0.717) is 13.1 Å². The second-order valence-corrected chi connectivity index (χ2v) is 8.22. The molecule has 4 nitrogen and oxygen atoms in total. The van der Waals surface area contributed by atoms with Crippen LogP contribution in [0.5, 0.6) is 0 Å². The first-order valence-corrected chi connectivity index (χ1v) is 10.2. The maximum absolute atomic E-state index is 12.6. The topological polar surface area (TPSA) is 45.2 Å². The highest BCUT2D eigenvalue weighted by atomic mass is 32.1. The van der Waals surface area contributed by atoms with E-state index in [9.17, 15) is 4.79 Å². The van der Waals surface area contributed by atoms with Crippen molar-refractivity contribution in [3.63, 3.8) is 0 Å². The molecule has 0 aliphatic heterocycles. The normalized spacial score (nSPS) is 12.5. The summed E-state index contributed by atoms with van der Waals surface area (Å²) >= 11 is 1.68. The number of thiazole rings is 1. The molecule has 0 saturated heterocycles. The second-order valence-electron chi connectivity index (χ2n) is 7.11. The van der Waals surface area contributed by atoms with Crippen molar-refractivity contribution in [2.75, 3.05) is 13.6 Å². The molecular weight excluding hydrogens is 366 g/mol. The van der Waals surface area contributed by atoms with Gasteiger partial charge >= 0.3 is 0 Å². The van der Waals surface area contributed by atoms with Gasteiger partial charge in [0.2, 0.25) is 5.91 Å². The molecule has 1 atom stereocenters. The maximum atomic E-state index is 12.6. The van der Waals surface area contributed by atoms with Crippen LogP contribution in [0.2, 0.25) is 0 Å². The molecule has 4 aromatic rings. The number of amides is 1. The summed E-state index contributed by atoms with van der Waals surface area (Å²) in [5.74, 6) is 0.0176. The van der Waals surface area contributed by atoms with Gasteiger partial charge in [0, 0.05) is 0 Å². The Hall–Kier alpha value is -2.76. The fourth-order valence-electron chi connectivity index (χ4n) is 3.51. The summed E-state index contributed by atoms with van der Waals surface area (Å²) in [5, 5.41) is 6.53. The first kappa shape index (κ1) is 18.6. The Labute approximate surface area is 168 Å². The van der Waals surface area contributed by atoms with Gasteiger partial charge in [0.15, 0.2) is 0 Å². The minimum Gasteiger partial charge on any atom is -0.348 e. The Bertz CT molecular complexity index is 1080. The number of hydrogen-bond acceptors (Lipinski definition) is 4. The average Bonchev–Trinajstić information content (AvgIpc) is 3.09. The van der Waals surface area contributed by atoms with Crippen molar-refractivity contribution in [1.29, 1.82) is 0 Å². The molecule has 3 aromatic carbocycles. The zero-order chi connectivity index (χ0) is 19.5. The molecule has 0 unspecified atom stereocenters. The summed E-state index contributed by atoms with van der Waals surface area (Å²) in [6.07, 6.45) is 0. The van der Waals surface area contributed by atoms with Crippen LogP contribution >= 0.6 is 11.3 Å². The quantitative estimate of drug-likeness (QED) is 0.517. The maximum Gasteiger partial charge on any atom is 0.234 e. The molecule has 0 spiro atoms. The molecule has 28 heavy (non-hydrogen) atoms. The lowest BCUT2D eigenvalue weighted by Crippen LogP contribution is -2.36. The van der Waals surface area contributed by atoms with E-state index < -0.39 is 0 Å². The Morgan fingerprint density at radius 1 is 1.07 bits per heavy atom. The van der Waals surface area contributed by atoms with Gasteiger partial charge in [0.25, 0.3) is 0 Å². The molecule has 142 valence electrons. The van der Waals surface area contributed by atoms with Crippen LogP contribution < -0.4 is 5.32 Å². The average molecular weight is 390 g/mol. The van der Waals surface area contributed by atoms with E-state index >= 15 is 0 Å². The van der Waals surface area contributed by atoms with Crippen LogP contribution in [-0.2, 0) is 11.3 Å². The number of carbonyl (C=O) groups excluding carboxylic acids is 1. The summed E-state index contributed by atoms with van der Waals surface area (Å²) in [6.45, 7) is 3.04. The van der Waals surface area contributed by atoms with Gasteiger partial charge < -0.3 is 5.32 Å². The summed E-state index contributed by atoms with van der Waals surface area (Å²) in [7, 11) is 1.95. The van der Waals surface area contributed by atoms with Crippen LogP contribution in [0, 0.1) is 0 Å². The van der Waals surface area contributed by atoms with E-state index in [2.05, 4.69) is 40.6 Å². The Morgan fingerprint density at radius 3 is 2.68 bits per heavy atom. The van der Waals surface area contributed by atoms with E-state index in [1.54, 1.807) is 11.3 Å². The third-order valence-electron chi connectivity index (χ3n) is 4.82. The Kier molecular flexibility index (Phi) is 5.37. The zero-order valence-electron chi connectivity index (χ0n) is 16.1.